The summed E-state index contributed by atoms with van der Waals surface area (Å²) in [6.45, 7) is 0.184. The van der Waals surface area contributed by atoms with Gasteiger partial charge in [0.05, 0.1) is 17.7 Å². The minimum absolute atomic E-state index is 0.184. The number of amides is 3. The molecular formula is C12H13N3O3. The van der Waals surface area contributed by atoms with Crippen LogP contribution in [0.5, 0.6) is 0 Å². The van der Waals surface area contributed by atoms with Crippen molar-refractivity contribution in [2.75, 3.05) is 26.0 Å². The number of nitrogens with zero attached hydrogens (tertiary/aromatic N) is 1. The van der Waals surface area contributed by atoms with Crippen molar-refractivity contribution in [3.63, 3.8) is 0 Å². The van der Waals surface area contributed by atoms with E-state index >= 15 is 0 Å². The quantitative estimate of drug-likeness (QED) is 0.741. The molecule has 18 heavy (non-hydrogen) atoms. The molecule has 3 amide bonds. The Labute approximate surface area is 104 Å². The fourth-order valence-corrected chi connectivity index (χ4v) is 1.80. The van der Waals surface area contributed by atoms with Crippen molar-refractivity contribution in [1.29, 1.82) is 0 Å². The van der Waals surface area contributed by atoms with Gasteiger partial charge in [-0.3, -0.25) is 19.3 Å². The number of rotatable bonds is 3. The van der Waals surface area contributed by atoms with Crippen LogP contribution in [0.1, 0.15) is 20.7 Å². The molecule has 1 aliphatic rings. The maximum Gasteiger partial charge on any atom is 0.261 e. The van der Waals surface area contributed by atoms with Crippen LogP contribution in [0.2, 0.25) is 0 Å². The highest BCUT2D eigenvalue weighted by molar-refractivity contribution is 6.21. The van der Waals surface area contributed by atoms with Gasteiger partial charge in [0.25, 0.3) is 11.8 Å². The summed E-state index contributed by atoms with van der Waals surface area (Å²) in [6, 6.07) is 4.68. The lowest BCUT2D eigenvalue weighted by molar-refractivity contribution is -0.115. The lowest BCUT2D eigenvalue weighted by Gasteiger charge is -2.05. The lowest BCUT2D eigenvalue weighted by Crippen LogP contribution is -2.25. The normalized spacial score (nSPS) is 13.8. The first-order valence-electron chi connectivity index (χ1n) is 5.45. The molecule has 1 aromatic carbocycles. The SMILES string of the molecule is CNCC(=O)Nc1ccc2c(c1)C(=O)N(C)C2=O. The second-order valence-corrected chi connectivity index (χ2v) is 4.01. The van der Waals surface area contributed by atoms with E-state index < -0.39 is 0 Å². The molecule has 0 aromatic heterocycles. The van der Waals surface area contributed by atoms with Gasteiger partial charge in [-0.1, -0.05) is 0 Å². The summed E-state index contributed by atoms with van der Waals surface area (Å²) >= 11 is 0. The fourth-order valence-electron chi connectivity index (χ4n) is 1.80. The molecule has 0 fully saturated rings. The molecule has 6 heteroatoms. The fraction of sp³-hybridized carbons (Fsp3) is 0.250. The summed E-state index contributed by atoms with van der Waals surface area (Å²) in [5.41, 5.74) is 1.20. The molecule has 1 heterocycles. The Morgan fingerprint density at radius 2 is 1.89 bits per heavy atom. The molecule has 0 bridgehead atoms. The smallest absolute Gasteiger partial charge is 0.261 e. The van der Waals surface area contributed by atoms with E-state index in [4.69, 9.17) is 0 Å². The largest absolute Gasteiger partial charge is 0.325 e. The van der Waals surface area contributed by atoms with E-state index in [0.29, 0.717) is 16.8 Å². The van der Waals surface area contributed by atoms with E-state index in [9.17, 15) is 14.4 Å². The molecule has 2 rings (SSSR count). The predicted octanol–water partition coefficient (Wildman–Crippen LogP) is 0.0703. The van der Waals surface area contributed by atoms with E-state index in [1.807, 2.05) is 0 Å². The Kier molecular flexibility index (Phi) is 3.12. The van der Waals surface area contributed by atoms with Crippen molar-refractivity contribution in [3.8, 4) is 0 Å². The van der Waals surface area contributed by atoms with E-state index in [1.165, 1.54) is 13.1 Å². The number of fused-ring (bicyclic) bond motifs is 1. The first-order valence-corrected chi connectivity index (χ1v) is 5.45. The maximum absolute atomic E-state index is 11.8. The van der Waals surface area contributed by atoms with Gasteiger partial charge in [0.1, 0.15) is 0 Å². The second-order valence-electron chi connectivity index (χ2n) is 4.01. The number of nitrogens with one attached hydrogen (secondary N) is 2. The number of imide groups is 1. The number of likely N-dealkylation sites (N-methyl/N-ethyl adjacent to an activating group) is 1. The van der Waals surface area contributed by atoms with Gasteiger partial charge in [-0.25, -0.2) is 0 Å². The van der Waals surface area contributed by atoms with Gasteiger partial charge in [-0.15, -0.1) is 0 Å². The first kappa shape index (κ1) is 12.3. The lowest BCUT2D eigenvalue weighted by atomic mass is 10.1. The minimum Gasteiger partial charge on any atom is -0.325 e. The molecule has 1 aromatic rings. The Hall–Kier alpha value is -2.21. The number of benzene rings is 1. The third kappa shape index (κ3) is 1.98. The summed E-state index contributed by atoms with van der Waals surface area (Å²) in [4.78, 5) is 35.8. The first-order chi connectivity index (χ1) is 8.54. The highest BCUT2D eigenvalue weighted by Gasteiger charge is 2.32. The van der Waals surface area contributed by atoms with Crippen molar-refractivity contribution in [3.05, 3.63) is 29.3 Å². The Morgan fingerprint density at radius 1 is 1.22 bits per heavy atom. The summed E-state index contributed by atoms with van der Waals surface area (Å²) in [7, 11) is 3.10. The van der Waals surface area contributed by atoms with Gasteiger partial charge >= 0.3 is 0 Å². The average Bonchev–Trinajstić information content (AvgIpc) is 2.55. The molecule has 0 saturated carbocycles. The molecule has 0 spiro atoms. The third-order valence-electron chi connectivity index (χ3n) is 2.71. The molecule has 1 aliphatic heterocycles. The average molecular weight is 247 g/mol. The molecule has 2 N–H and O–H groups in total. The van der Waals surface area contributed by atoms with Crippen molar-refractivity contribution >= 4 is 23.4 Å². The maximum atomic E-state index is 11.8. The van der Waals surface area contributed by atoms with Crippen LogP contribution in [-0.4, -0.2) is 43.3 Å². The van der Waals surface area contributed by atoms with Gasteiger partial charge in [0, 0.05) is 12.7 Å². The zero-order valence-corrected chi connectivity index (χ0v) is 10.1. The molecule has 0 aliphatic carbocycles. The van der Waals surface area contributed by atoms with Crippen LogP contribution in [-0.2, 0) is 4.79 Å². The molecule has 0 radical (unpaired) electrons. The van der Waals surface area contributed by atoms with Gasteiger partial charge in [-0.05, 0) is 25.2 Å². The van der Waals surface area contributed by atoms with Crippen LogP contribution in [0, 0.1) is 0 Å². The monoisotopic (exact) mass is 247 g/mol. The van der Waals surface area contributed by atoms with Crippen LogP contribution in [0.3, 0.4) is 0 Å². The number of hydrogen-bond donors (Lipinski definition) is 2. The number of hydrogen-bond acceptors (Lipinski definition) is 4. The molecule has 94 valence electrons. The second kappa shape index (κ2) is 4.58. The Balaban J connectivity index is 2.27. The Morgan fingerprint density at radius 3 is 2.56 bits per heavy atom. The van der Waals surface area contributed by atoms with Crippen molar-refractivity contribution in [2.45, 2.75) is 0 Å². The summed E-state index contributed by atoms with van der Waals surface area (Å²) in [5, 5.41) is 5.36. The standard InChI is InChI=1S/C12H13N3O3/c1-13-6-10(16)14-7-3-4-8-9(5-7)12(18)15(2)11(8)17/h3-5,13H,6H2,1-2H3,(H,14,16). The van der Waals surface area contributed by atoms with E-state index in [2.05, 4.69) is 10.6 Å². The predicted molar refractivity (Wildman–Crippen MR) is 65.4 cm³/mol. The summed E-state index contributed by atoms with van der Waals surface area (Å²) < 4.78 is 0. The molecular weight excluding hydrogens is 234 g/mol. The van der Waals surface area contributed by atoms with Gasteiger partial charge in [0.2, 0.25) is 5.91 Å². The van der Waals surface area contributed by atoms with E-state index in [-0.39, 0.29) is 24.3 Å². The third-order valence-corrected chi connectivity index (χ3v) is 2.71. The van der Waals surface area contributed by atoms with Gasteiger partial charge in [-0.2, -0.15) is 0 Å². The Bertz CT molecular complexity index is 539. The summed E-state index contributed by atoms with van der Waals surface area (Å²) in [5.74, 6) is -0.870. The topological polar surface area (TPSA) is 78.5 Å². The molecule has 6 nitrogen and oxygen atoms in total. The highest BCUT2D eigenvalue weighted by atomic mass is 16.2. The van der Waals surface area contributed by atoms with Crippen molar-refractivity contribution < 1.29 is 14.4 Å². The minimum atomic E-state index is -0.347. The van der Waals surface area contributed by atoms with Gasteiger partial charge in [0.15, 0.2) is 0 Å². The molecule has 0 atom stereocenters. The highest BCUT2D eigenvalue weighted by Crippen LogP contribution is 2.24. The van der Waals surface area contributed by atoms with Gasteiger partial charge < -0.3 is 10.6 Å². The summed E-state index contributed by atoms with van der Waals surface area (Å²) in [6.07, 6.45) is 0. The van der Waals surface area contributed by atoms with Crippen LogP contribution in [0.15, 0.2) is 18.2 Å². The molecule has 0 saturated heterocycles. The zero-order valence-electron chi connectivity index (χ0n) is 10.1. The van der Waals surface area contributed by atoms with Crippen molar-refractivity contribution in [1.82, 2.24) is 10.2 Å². The van der Waals surface area contributed by atoms with Crippen LogP contribution in [0.4, 0.5) is 5.69 Å². The van der Waals surface area contributed by atoms with Crippen LogP contribution in [0.25, 0.3) is 0 Å². The zero-order chi connectivity index (χ0) is 13.3. The number of carbonyl (C=O) groups excluding carboxylic acids is 3. The number of carbonyl (C=O) groups is 3. The van der Waals surface area contributed by atoms with E-state index in [0.717, 1.165) is 4.90 Å². The molecule has 0 unspecified atom stereocenters. The van der Waals surface area contributed by atoms with E-state index in [1.54, 1.807) is 19.2 Å². The van der Waals surface area contributed by atoms with Crippen molar-refractivity contribution in [2.24, 2.45) is 0 Å². The number of anilines is 1. The van der Waals surface area contributed by atoms with Crippen LogP contribution < -0.4 is 10.6 Å². The van der Waals surface area contributed by atoms with Crippen LogP contribution >= 0.6 is 0 Å².